The van der Waals surface area contributed by atoms with E-state index in [0.29, 0.717) is 0 Å². The van der Waals surface area contributed by atoms with E-state index in [4.69, 9.17) is 0 Å². The van der Waals surface area contributed by atoms with Gasteiger partial charge in [-0.15, -0.1) is 5.10 Å². The summed E-state index contributed by atoms with van der Waals surface area (Å²) < 4.78 is 1.98. The molecule has 0 fully saturated rings. The van der Waals surface area contributed by atoms with Gasteiger partial charge in [-0.25, -0.2) is 4.68 Å². The van der Waals surface area contributed by atoms with Gasteiger partial charge in [-0.3, -0.25) is 4.90 Å². The average Bonchev–Trinajstić information content (AvgIpc) is 3.13. The molecule has 5 nitrogen and oxygen atoms in total. The highest BCUT2D eigenvalue weighted by molar-refractivity contribution is 5.35. The van der Waals surface area contributed by atoms with Crippen molar-refractivity contribution in [2.45, 2.75) is 52.2 Å². The van der Waals surface area contributed by atoms with Crippen LogP contribution in [0, 0.1) is 6.92 Å². The number of benzene rings is 2. The van der Waals surface area contributed by atoms with E-state index in [9.17, 15) is 0 Å². The summed E-state index contributed by atoms with van der Waals surface area (Å²) in [7, 11) is 0. The van der Waals surface area contributed by atoms with Crippen molar-refractivity contribution in [3.8, 4) is 0 Å². The molecule has 2 aromatic carbocycles. The standard InChI is InChI=1S/C22H27N5/c1-16-9-5-8-12-19(16)20(21-23-24-25-27(21)22(2,3)4)26-14-13-17-10-6-7-11-18(17)15-26/h5-12,20H,13-15H2,1-4H3. The van der Waals surface area contributed by atoms with E-state index >= 15 is 0 Å². The fraction of sp³-hybridized carbons (Fsp3) is 0.409. The van der Waals surface area contributed by atoms with Crippen LogP contribution in [0.1, 0.15) is 54.9 Å². The van der Waals surface area contributed by atoms with Crippen molar-refractivity contribution in [1.29, 1.82) is 0 Å². The fourth-order valence-corrected chi connectivity index (χ4v) is 3.97. The fourth-order valence-electron chi connectivity index (χ4n) is 3.97. The second kappa shape index (κ2) is 6.89. The number of fused-ring (bicyclic) bond motifs is 1. The zero-order valence-electron chi connectivity index (χ0n) is 16.6. The Morgan fingerprint density at radius 2 is 1.67 bits per heavy atom. The predicted octanol–water partition coefficient (Wildman–Crippen LogP) is 3.88. The molecule has 1 atom stereocenters. The summed E-state index contributed by atoms with van der Waals surface area (Å²) in [6, 6.07) is 17.4. The van der Waals surface area contributed by atoms with Crippen molar-refractivity contribution in [3.63, 3.8) is 0 Å². The third-order valence-electron chi connectivity index (χ3n) is 5.38. The highest BCUT2D eigenvalue weighted by atomic mass is 15.6. The van der Waals surface area contributed by atoms with Crippen LogP contribution in [0.2, 0.25) is 0 Å². The minimum absolute atomic E-state index is 0.0359. The van der Waals surface area contributed by atoms with Crippen LogP contribution < -0.4 is 0 Å². The van der Waals surface area contributed by atoms with Gasteiger partial charge in [0.2, 0.25) is 0 Å². The lowest BCUT2D eigenvalue weighted by atomic mass is 9.93. The Morgan fingerprint density at radius 3 is 2.41 bits per heavy atom. The summed E-state index contributed by atoms with van der Waals surface area (Å²) in [5, 5.41) is 12.9. The normalized spacial score (nSPS) is 16.1. The largest absolute Gasteiger partial charge is 0.285 e. The van der Waals surface area contributed by atoms with Crippen LogP contribution in [-0.2, 0) is 18.5 Å². The number of aromatic nitrogens is 4. The topological polar surface area (TPSA) is 46.8 Å². The van der Waals surface area contributed by atoms with Gasteiger partial charge in [0.25, 0.3) is 0 Å². The molecule has 0 aliphatic carbocycles. The highest BCUT2D eigenvalue weighted by Crippen LogP contribution is 2.34. The third kappa shape index (κ3) is 3.39. The molecule has 1 aliphatic rings. The molecule has 4 rings (SSSR count). The van der Waals surface area contributed by atoms with Crippen molar-refractivity contribution >= 4 is 0 Å². The maximum absolute atomic E-state index is 4.49. The van der Waals surface area contributed by atoms with Crippen LogP contribution in [0.15, 0.2) is 48.5 Å². The van der Waals surface area contributed by atoms with Gasteiger partial charge >= 0.3 is 0 Å². The van der Waals surface area contributed by atoms with E-state index in [2.05, 4.69) is 96.7 Å². The monoisotopic (exact) mass is 361 g/mol. The highest BCUT2D eigenvalue weighted by Gasteiger charge is 2.33. The molecule has 1 unspecified atom stereocenters. The van der Waals surface area contributed by atoms with Crippen LogP contribution >= 0.6 is 0 Å². The molecule has 140 valence electrons. The maximum atomic E-state index is 4.49. The van der Waals surface area contributed by atoms with Crippen LogP contribution in [-0.4, -0.2) is 31.7 Å². The molecule has 0 saturated heterocycles. The Labute approximate surface area is 161 Å². The van der Waals surface area contributed by atoms with Crippen molar-refractivity contribution < 1.29 is 0 Å². The average molecular weight is 361 g/mol. The third-order valence-corrected chi connectivity index (χ3v) is 5.38. The lowest BCUT2D eigenvalue weighted by Gasteiger charge is -2.36. The molecular weight excluding hydrogens is 334 g/mol. The molecule has 0 spiro atoms. The first-order chi connectivity index (χ1) is 12.9. The van der Waals surface area contributed by atoms with Gasteiger partial charge in [-0.1, -0.05) is 48.5 Å². The Bertz CT molecular complexity index is 938. The van der Waals surface area contributed by atoms with E-state index < -0.39 is 0 Å². The second-order valence-corrected chi connectivity index (χ2v) is 8.37. The Kier molecular flexibility index (Phi) is 4.56. The van der Waals surface area contributed by atoms with Gasteiger partial charge < -0.3 is 0 Å². The predicted molar refractivity (Wildman–Crippen MR) is 106 cm³/mol. The molecule has 1 aliphatic heterocycles. The molecule has 0 radical (unpaired) electrons. The Hall–Kier alpha value is -2.53. The van der Waals surface area contributed by atoms with E-state index in [1.165, 1.54) is 22.3 Å². The van der Waals surface area contributed by atoms with E-state index in [1.807, 2.05) is 4.68 Å². The summed E-state index contributed by atoms with van der Waals surface area (Å²) in [5.74, 6) is 0.913. The lowest BCUT2D eigenvalue weighted by molar-refractivity contribution is 0.185. The SMILES string of the molecule is Cc1ccccc1C(c1nnnn1C(C)(C)C)N1CCc2ccccc2C1. The smallest absolute Gasteiger partial charge is 0.173 e. The molecule has 5 heteroatoms. The number of hydrogen-bond donors (Lipinski definition) is 0. The van der Waals surface area contributed by atoms with Gasteiger partial charge in [0.15, 0.2) is 5.82 Å². The quantitative estimate of drug-likeness (QED) is 0.710. The number of hydrogen-bond acceptors (Lipinski definition) is 4. The molecule has 3 aromatic rings. The molecule has 0 amide bonds. The number of aryl methyl sites for hydroxylation is 1. The number of nitrogens with zero attached hydrogens (tertiary/aromatic N) is 5. The minimum atomic E-state index is -0.173. The van der Waals surface area contributed by atoms with Crippen LogP contribution in [0.4, 0.5) is 0 Å². The summed E-state index contributed by atoms with van der Waals surface area (Å²) in [6.07, 6.45) is 1.05. The van der Waals surface area contributed by atoms with E-state index in [0.717, 1.165) is 25.3 Å². The molecule has 0 bridgehead atoms. The van der Waals surface area contributed by atoms with Crippen molar-refractivity contribution in [3.05, 3.63) is 76.6 Å². The molecular formula is C22H27N5. The summed E-state index contributed by atoms with van der Waals surface area (Å²) in [5.41, 5.74) is 5.22. The Morgan fingerprint density at radius 1 is 0.963 bits per heavy atom. The molecule has 1 aromatic heterocycles. The van der Waals surface area contributed by atoms with Crippen molar-refractivity contribution in [2.24, 2.45) is 0 Å². The summed E-state index contributed by atoms with van der Waals surface area (Å²) in [4.78, 5) is 2.51. The second-order valence-electron chi connectivity index (χ2n) is 8.37. The molecule has 27 heavy (non-hydrogen) atoms. The van der Waals surface area contributed by atoms with E-state index in [1.54, 1.807) is 0 Å². The van der Waals surface area contributed by atoms with Crippen molar-refractivity contribution in [1.82, 2.24) is 25.1 Å². The zero-order chi connectivity index (χ0) is 19.0. The summed E-state index contributed by atoms with van der Waals surface area (Å²) >= 11 is 0. The van der Waals surface area contributed by atoms with Gasteiger partial charge in [0.1, 0.15) is 0 Å². The maximum Gasteiger partial charge on any atom is 0.173 e. The van der Waals surface area contributed by atoms with Crippen LogP contribution in [0.25, 0.3) is 0 Å². The molecule has 0 saturated carbocycles. The van der Waals surface area contributed by atoms with Crippen molar-refractivity contribution in [2.75, 3.05) is 6.54 Å². The van der Waals surface area contributed by atoms with Crippen LogP contribution in [0.5, 0.6) is 0 Å². The molecule has 0 N–H and O–H groups in total. The Balaban J connectivity index is 1.82. The first-order valence-electron chi connectivity index (χ1n) is 9.60. The van der Waals surface area contributed by atoms with Gasteiger partial charge in [-0.2, -0.15) is 0 Å². The first kappa shape index (κ1) is 17.9. The molecule has 2 heterocycles. The number of tetrazole rings is 1. The minimum Gasteiger partial charge on any atom is -0.285 e. The van der Waals surface area contributed by atoms with Gasteiger partial charge in [0, 0.05) is 13.1 Å². The summed E-state index contributed by atoms with van der Waals surface area (Å²) in [6.45, 7) is 10.5. The van der Waals surface area contributed by atoms with Gasteiger partial charge in [0.05, 0.1) is 11.6 Å². The van der Waals surface area contributed by atoms with Crippen LogP contribution in [0.3, 0.4) is 0 Å². The van der Waals surface area contributed by atoms with E-state index in [-0.39, 0.29) is 11.6 Å². The number of rotatable bonds is 3. The van der Waals surface area contributed by atoms with Gasteiger partial charge in [-0.05, 0) is 66.8 Å². The zero-order valence-corrected chi connectivity index (χ0v) is 16.6. The lowest BCUT2D eigenvalue weighted by Crippen LogP contribution is -2.38. The first-order valence-corrected chi connectivity index (χ1v) is 9.60.